The minimum Gasteiger partial charge on any atom is -0.332 e. The molecular weight excluding hydrogens is 400 g/mol. The summed E-state index contributed by atoms with van der Waals surface area (Å²) in [7, 11) is 0. The lowest BCUT2D eigenvalue weighted by molar-refractivity contribution is 0.0729. The molecule has 1 unspecified atom stereocenters. The zero-order valence-electron chi connectivity index (χ0n) is 16.4. The molecule has 1 saturated heterocycles. The first-order chi connectivity index (χ1) is 14.6. The van der Waals surface area contributed by atoms with Crippen molar-refractivity contribution >= 4 is 34.7 Å². The highest BCUT2D eigenvalue weighted by Gasteiger charge is 2.33. The van der Waals surface area contributed by atoms with E-state index in [1.807, 2.05) is 40.6 Å². The van der Waals surface area contributed by atoms with Crippen molar-refractivity contribution in [2.24, 2.45) is 0 Å². The van der Waals surface area contributed by atoms with Gasteiger partial charge in [-0.1, -0.05) is 6.07 Å². The van der Waals surface area contributed by atoms with E-state index in [-0.39, 0.29) is 17.5 Å². The molecule has 0 aliphatic carbocycles. The highest BCUT2D eigenvalue weighted by molar-refractivity contribution is 7.71. The number of benzene rings is 1. The second-order valence-corrected chi connectivity index (χ2v) is 7.77. The maximum absolute atomic E-state index is 13.4. The number of carbonyl (C=O) groups is 1. The number of aromatic nitrogens is 5. The van der Waals surface area contributed by atoms with E-state index in [0.29, 0.717) is 34.3 Å². The fraction of sp³-hybridized carbons (Fsp3) is 0.286. The fourth-order valence-corrected chi connectivity index (χ4v) is 4.53. The molecule has 8 nitrogen and oxygen atoms in total. The van der Waals surface area contributed by atoms with Crippen LogP contribution in [0.4, 0.5) is 0 Å². The molecule has 1 atom stereocenters. The molecule has 4 aromatic rings. The van der Waals surface area contributed by atoms with Crippen LogP contribution in [0.1, 0.15) is 42.0 Å². The Balaban J connectivity index is 1.54. The van der Waals surface area contributed by atoms with Gasteiger partial charge in [0.2, 0.25) is 0 Å². The van der Waals surface area contributed by atoms with Crippen LogP contribution < -0.4 is 5.56 Å². The highest BCUT2D eigenvalue weighted by Crippen LogP contribution is 2.32. The normalized spacial score (nSPS) is 16.6. The van der Waals surface area contributed by atoms with Gasteiger partial charge in [-0.2, -0.15) is 0 Å². The van der Waals surface area contributed by atoms with Crippen molar-refractivity contribution in [2.75, 3.05) is 6.54 Å². The molecule has 0 radical (unpaired) electrons. The third-order valence-corrected chi connectivity index (χ3v) is 6.02. The number of aromatic amines is 1. The van der Waals surface area contributed by atoms with Crippen LogP contribution in [0.15, 0.2) is 47.4 Å². The Bertz CT molecular complexity index is 1400. The van der Waals surface area contributed by atoms with Gasteiger partial charge >= 0.3 is 0 Å². The summed E-state index contributed by atoms with van der Waals surface area (Å²) in [5.74, 6) is 0.675. The van der Waals surface area contributed by atoms with Crippen LogP contribution in [0.5, 0.6) is 0 Å². The van der Waals surface area contributed by atoms with Gasteiger partial charge in [-0.15, -0.1) is 10.2 Å². The van der Waals surface area contributed by atoms with Gasteiger partial charge in [0.15, 0.2) is 16.2 Å². The lowest BCUT2D eigenvalue weighted by Crippen LogP contribution is -2.31. The second-order valence-electron chi connectivity index (χ2n) is 7.38. The molecule has 30 heavy (non-hydrogen) atoms. The van der Waals surface area contributed by atoms with Crippen LogP contribution in [0.2, 0.25) is 0 Å². The van der Waals surface area contributed by atoms with Crippen molar-refractivity contribution in [3.05, 3.63) is 69.1 Å². The molecule has 1 aliphatic heterocycles. The van der Waals surface area contributed by atoms with Crippen LogP contribution >= 0.6 is 12.2 Å². The Hall–Kier alpha value is -3.33. The molecule has 3 aromatic heterocycles. The van der Waals surface area contributed by atoms with Crippen LogP contribution in [0.25, 0.3) is 16.6 Å². The SMILES string of the molecule is CCn1c(=S)[nH]c2cc(C(=O)N3CCCC3c3nnc4ccccn34)ccc2c1=O. The Labute approximate surface area is 176 Å². The lowest BCUT2D eigenvalue weighted by atomic mass is 10.1. The van der Waals surface area contributed by atoms with E-state index in [0.717, 1.165) is 24.3 Å². The van der Waals surface area contributed by atoms with Crippen molar-refractivity contribution in [1.29, 1.82) is 0 Å². The number of hydrogen-bond acceptors (Lipinski definition) is 5. The summed E-state index contributed by atoms with van der Waals surface area (Å²) in [6.07, 6.45) is 3.65. The number of rotatable bonds is 3. The molecule has 5 rings (SSSR count). The van der Waals surface area contributed by atoms with E-state index in [2.05, 4.69) is 15.2 Å². The number of pyridine rings is 1. The lowest BCUT2D eigenvalue weighted by Gasteiger charge is -2.23. The predicted octanol–water partition coefficient (Wildman–Crippen LogP) is 3.10. The number of nitrogens with zero attached hydrogens (tertiary/aromatic N) is 5. The van der Waals surface area contributed by atoms with Crippen molar-refractivity contribution in [3.8, 4) is 0 Å². The van der Waals surface area contributed by atoms with Crippen LogP contribution in [0.3, 0.4) is 0 Å². The van der Waals surface area contributed by atoms with Gasteiger partial charge < -0.3 is 9.88 Å². The maximum Gasteiger partial charge on any atom is 0.262 e. The van der Waals surface area contributed by atoms with Crippen molar-refractivity contribution < 1.29 is 4.79 Å². The molecule has 0 saturated carbocycles. The summed E-state index contributed by atoms with van der Waals surface area (Å²) in [6.45, 7) is 3.01. The van der Waals surface area contributed by atoms with E-state index in [1.54, 1.807) is 18.2 Å². The minimum atomic E-state index is -0.149. The molecular formula is C21H20N6O2S. The van der Waals surface area contributed by atoms with Gasteiger partial charge in [0.1, 0.15) is 0 Å². The summed E-state index contributed by atoms with van der Waals surface area (Å²) >= 11 is 5.29. The van der Waals surface area contributed by atoms with Gasteiger partial charge in [0, 0.05) is 24.8 Å². The van der Waals surface area contributed by atoms with Gasteiger partial charge in [-0.05, 0) is 62.3 Å². The molecule has 1 aromatic carbocycles. The van der Waals surface area contributed by atoms with Crippen molar-refractivity contribution in [2.45, 2.75) is 32.4 Å². The minimum absolute atomic E-state index is 0.0916. The van der Waals surface area contributed by atoms with Crippen LogP contribution in [-0.2, 0) is 6.54 Å². The van der Waals surface area contributed by atoms with E-state index in [1.165, 1.54) is 4.57 Å². The molecule has 0 bridgehead atoms. The number of nitrogens with one attached hydrogen (secondary N) is 1. The molecule has 1 N–H and O–H groups in total. The van der Waals surface area contributed by atoms with Gasteiger partial charge in [0.25, 0.3) is 11.5 Å². The van der Waals surface area contributed by atoms with Crippen LogP contribution in [-0.4, -0.2) is 41.5 Å². The molecule has 4 heterocycles. The number of fused-ring (bicyclic) bond motifs is 2. The summed E-state index contributed by atoms with van der Waals surface area (Å²) in [4.78, 5) is 30.9. The Morgan fingerprint density at radius 3 is 2.97 bits per heavy atom. The summed E-state index contributed by atoms with van der Waals surface area (Å²) in [5.41, 5.74) is 1.70. The number of likely N-dealkylation sites (tertiary alicyclic amines) is 1. The third kappa shape index (κ3) is 2.85. The number of carbonyl (C=O) groups excluding carboxylic acids is 1. The number of amides is 1. The first-order valence-electron chi connectivity index (χ1n) is 9.96. The molecule has 1 amide bonds. The topological polar surface area (TPSA) is 88.3 Å². The van der Waals surface area contributed by atoms with Crippen molar-refractivity contribution in [3.63, 3.8) is 0 Å². The van der Waals surface area contributed by atoms with Gasteiger partial charge in [-0.3, -0.25) is 18.6 Å². The fourth-order valence-electron chi connectivity index (χ4n) is 4.21. The predicted molar refractivity (Wildman–Crippen MR) is 115 cm³/mol. The largest absolute Gasteiger partial charge is 0.332 e. The maximum atomic E-state index is 13.4. The van der Waals surface area contributed by atoms with E-state index >= 15 is 0 Å². The Kier molecular flexibility index (Phi) is 4.47. The molecule has 1 fully saturated rings. The number of hydrogen-bond donors (Lipinski definition) is 1. The van der Waals surface area contributed by atoms with E-state index in [9.17, 15) is 9.59 Å². The van der Waals surface area contributed by atoms with Gasteiger partial charge in [0.05, 0.1) is 16.9 Å². The smallest absolute Gasteiger partial charge is 0.262 e. The summed E-state index contributed by atoms with van der Waals surface area (Å²) < 4.78 is 3.79. The summed E-state index contributed by atoms with van der Waals surface area (Å²) in [5, 5.41) is 9.10. The second kappa shape index (κ2) is 7.17. The van der Waals surface area contributed by atoms with E-state index in [4.69, 9.17) is 12.2 Å². The zero-order chi connectivity index (χ0) is 20.8. The van der Waals surface area contributed by atoms with E-state index < -0.39 is 0 Å². The molecule has 9 heteroatoms. The first-order valence-corrected chi connectivity index (χ1v) is 10.4. The first kappa shape index (κ1) is 18.7. The molecule has 152 valence electrons. The average Bonchev–Trinajstić information content (AvgIpc) is 3.40. The van der Waals surface area contributed by atoms with Gasteiger partial charge in [-0.25, -0.2) is 0 Å². The average molecular weight is 420 g/mol. The highest BCUT2D eigenvalue weighted by atomic mass is 32.1. The van der Waals surface area contributed by atoms with Crippen LogP contribution in [0, 0.1) is 4.77 Å². The number of H-pyrrole nitrogens is 1. The van der Waals surface area contributed by atoms with Crippen molar-refractivity contribution in [1.82, 2.24) is 29.0 Å². The Morgan fingerprint density at radius 2 is 2.13 bits per heavy atom. The summed E-state index contributed by atoms with van der Waals surface area (Å²) in [6, 6.07) is 10.7. The monoisotopic (exact) mass is 420 g/mol. The standard InChI is InChI=1S/C21H20N6O2S/c1-2-25-20(29)14-9-8-13(12-15(14)22-21(25)30)19(28)26-11-5-6-16(26)18-24-23-17-7-3-4-10-27(17)18/h3-4,7-10,12,16H,2,5-6,11H2,1H3,(H,22,30). The molecule has 0 spiro atoms. The Morgan fingerprint density at radius 1 is 1.27 bits per heavy atom. The quantitative estimate of drug-likeness (QED) is 0.515. The molecule has 1 aliphatic rings. The zero-order valence-corrected chi connectivity index (χ0v) is 17.2. The third-order valence-electron chi connectivity index (χ3n) is 5.70.